The van der Waals surface area contributed by atoms with E-state index in [0.29, 0.717) is 5.56 Å². The molecule has 10 heteroatoms. The van der Waals surface area contributed by atoms with E-state index in [9.17, 15) is 24.3 Å². The Balaban J connectivity index is 1.98. The molecule has 0 aliphatic carbocycles. The smallest absolute Gasteiger partial charge is 0.332 e. The first kappa shape index (κ1) is 17.3. The number of imidazole rings is 1. The van der Waals surface area contributed by atoms with Crippen LogP contribution >= 0.6 is 0 Å². The molecule has 0 radical (unpaired) electrons. The first-order valence-electron chi connectivity index (χ1n) is 8.12. The minimum Gasteiger partial charge on any atom is -0.620 e. The zero-order valence-electron chi connectivity index (χ0n) is 14.5. The van der Waals surface area contributed by atoms with Gasteiger partial charge in [0.2, 0.25) is 0 Å². The summed E-state index contributed by atoms with van der Waals surface area (Å²) in [5.74, 6) is -0.561. The van der Waals surface area contributed by atoms with Crippen LogP contribution in [0, 0.1) is 11.0 Å². The molecule has 9 nitrogen and oxygen atoms in total. The molecule has 0 amide bonds. The molecule has 0 saturated heterocycles. The zero-order chi connectivity index (χ0) is 19.5. The fourth-order valence-electron chi connectivity index (χ4n) is 3.27. The summed E-state index contributed by atoms with van der Waals surface area (Å²) in [6, 6.07) is 5.45. The average Bonchev–Trinajstić information content (AvgIpc) is 3.06. The highest BCUT2D eigenvalue weighted by atomic mass is 19.1. The Morgan fingerprint density at radius 1 is 1.22 bits per heavy atom. The Kier molecular flexibility index (Phi) is 3.67. The Morgan fingerprint density at radius 2 is 1.89 bits per heavy atom. The summed E-state index contributed by atoms with van der Waals surface area (Å²) in [6.07, 6.45) is 1.20. The first-order chi connectivity index (χ1) is 12.7. The number of hydrogen-bond donors (Lipinski definition) is 1. The van der Waals surface area contributed by atoms with Crippen molar-refractivity contribution in [3.63, 3.8) is 0 Å². The van der Waals surface area contributed by atoms with Crippen LogP contribution in [-0.2, 0) is 20.6 Å². The normalized spacial score (nSPS) is 21.6. The zero-order valence-corrected chi connectivity index (χ0v) is 14.5. The fraction of sp³-hybridized carbons (Fsp3) is 0.235. The molecule has 3 heterocycles. The van der Waals surface area contributed by atoms with Crippen molar-refractivity contribution in [3.8, 4) is 0 Å². The van der Waals surface area contributed by atoms with E-state index in [-0.39, 0.29) is 23.7 Å². The van der Waals surface area contributed by atoms with Crippen LogP contribution in [0.1, 0.15) is 11.8 Å². The molecule has 3 aromatic rings. The number of aryl methyl sites for hydroxylation is 1. The SMILES string of the molecule is Cn1c(=O)c2c(nc3n2C(O)C=C[N+]3([O-])Cc2ccc(F)cc2)n(C)c1=O. The molecule has 2 aromatic heterocycles. The van der Waals surface area contributed by atoms with Crippen LogP contribution in [0.3, 0.4) is 0 Å². The Labute approximate surface area is 151 Å². The fourth-order valence-corrected chi connectivity index (χ4v) is 3.27. The van der Waals surface area contributed by atoms with Crippen LogP contribution < -0.4 is 15.9 Å². The summed E-state index contributed by atoms with van der Waals surface area (Å²) in [5, 5.41) is 23.8. The van der Waals surface area contributed by atoms with Crippen LogP contribution in [0.2, 0.25) is 0 Å². The van der Waals surface area contributed by atoms with Crippen LogP contribution in [0.25, 0.3) is 11.2 Å². The lowest BCUT2D eigenvalue weighted by atomic mass is 10.2. The minimum absolute atomic E-state index is 0.0123. The molecule has 1 N–H and O–H groups in total. The summed E-state index contributed by atoms with van der Waals surface area (Å²) >= 11 is 0. The lowest BCUT2D eigenvalue weighted by Crippen LogP contribution is -2.42. The Morgan fingerprint density at radius 3 is 2.56 bits per heavy atom. The van der Waals surface area contributed by atoms with Crippen LogP contribution in [0.5, 0.6) is 0 Å². The molecule has 1 aliphatic heterocycles. The first-order valence-corrected chi connectivity index (χ1v) is 8.12. The monoisotopic (exact) mass is 373 g/mol. The number of rotatable bonds is 2. The van der Waals surface area contributed by atoms with Crippen molar-refractivity contribution >= 4 is 17.1 Å². The number of aliphatic hydroxyl groups is 1. The van der Waals surface area contributed by atoms with Crippen LogP contribution in [0.4, 0.5) is 10.3 Å². The van der Waals surface area contributed by atoms with Gasteiger partial charge >= 0.3 is 11.6 Å². The predicted octanol–water partition coefficient (Wildman–Crippen LogP) is 0.596. The van der Waals surface area contributed by atoms with Crippen molar-refractivity contribution < 1.29 is 9.50 Å². The quantitative estimate of drug-likeness (QED) is 0.523. The molecular weight excluding hydrogens is 357 g/mol. The van der Waals surface area contributed by atoms with Crippen LogP contribution in [0.15, 0.2) is 46.1 Å². The van der Waals surface area contributed by atoms with E-state index in [1.54, 1.807) is 0 Å². The molecule has 0 bridgehead atoms. The van der Waals surface area contributed by atoms with Crippen molar-refractivity contribution in [2.75, 3.05) is 0 Å². The van der Waals surface area contributed by atoms with Gasteiger partial charge in [-0.05, 0) is 12.1 Å². The van der Waals surface area contributed by atoms with E-state index < -0.39 is 27.9 Å². The van der Waals surface area contributed by atoms with Gasteiger partial charge in [-0.2, -0.15) is 4.98 Å². The van der Waals surface area contributed by atoms with Gasteiger partial charge < -0.3 is 10.3 Å². The van der Waals surface area contributed by atoms with E-state index in [1.165, 1.54) is 50.6 Å². The number of aliphatic hydroxyl groups excluding tert-OH is 1. The van der Waals surface area contributed by atoms with Gasteiger partial charge in [-0.25, -0.2) is 13.8 Å². The van der Waals surface area contributed by atoms with E-state index >= 15 is 0 Å². The summed E-state index contributed by atoms with van der Waals surface area (Å²) in [5.41, 5.74) is -0.725. The van der Waals surface area contributed by atoms with Gasteiger partial charge in [0, 0.05) is 25.7 Å². The molecule has 27 heavy (non-hydrogen) atoms. The third-order valence-corrected chi connectivity index (χ3v) is 4.71. The molecule has 0 spiro atoms. The number of fused-ring (bicyclic) bond motifs is 3. The van der Waals surface area contributed by atoms with Crippen molar-refractivity contribution in [3.05, 3.63) is 74.0 Å². The standard InChI is InChI=1S/C17H16FN5O4/c1-20-14-13(15(25)21(2)17(20)26)22-12(24)7-8-23(27,16(22)19-14)9-10-3-5-11(18)6-4-10/h3-8,12,24H,9H2,1-2H3. The van der Waals surface area contributed by atoms with E-state index in [4.69, 9.17) is 0 Å². The van der Waals surface area contributed by atoms with Gasteiger partial charge in [-0.3, -0.25) is 18.6 Å². The average molecular weight is 373 g/mol. The molecule has 0 fully saturated rings. The highest BCUT2D eigenvalue weighted by molar-refractivity contribution is 5.75. The van der Waals surface area contributed by atoms with Crippen molar-refractivity contribution in [1.82, 2.24) is 23.3 Å². The topological polar surface area (TPSA) is 105 Å². The minimum atomic E-state index is -1.27. The van der Waals surface area contributed by atoms with Gasteiger partial charge in [-0.15, -0.1) is 0 Å². The second-order valence-corrected chi connectivity index (χ2v) is 6.50. The summed E-state index contributed by atoms with van der Waals surface area (Å²) in [4.78, 5) is 29.0. The molecule has 140 valence electrons. The number of halogens is 1. The van der Waals surface area contributed by atoms with E-state index in [1.807, 2.05) is 0 Å². The predicted molar refractivity (Wildman–Crippen MR) is 95.9 cm³/mol. The number of nitrogens with zero attached hydrogens (tertiary/aromatic N) is 5. The Bertz CT molecular complexity index is 1210. The highest BCUT2D eigenvalue weighted by Crippen LogP contribution is 2.34. The van der Waals surface area contributed by atoms with E-state index in [0.717, 1.165) is 13.7 Å². The van der Waals surface area contributed by atoms with Gasteiger partial charge in [0.1, 0.15) is 18.6 Å². The number of hydroxylamine groups is 2. The summed E-state index contributed by atoms with van der Waals surface area (Å²) in [6.45, 7) is -0.124. The van der Waals surface area contributed by atoms with Crippen molar-refractivity contribution in [1.29, 1.82) is 0 Å². The lowest BCUT2D eigenvalue weighted by Gasteiger charge is -2.39. The molecule has 1 aliphatic rings. The highest BCUT2D eigenvalue weighted by Gasteiger charge is 2.35. The molecule has 2 unspecified atom stereocenters. The maximum atomic E-state index is 13.5. The second kappa shape index (κ2) is 5.71. The van der Waals surface area contributed by atoms with Gasteiger partial charge in [0.25, 0.3) is 5.56 Å². The third kappa shape index (κ3) is 2.46. The second-order valence-electron chi connectivity index (χ2n) is 6.50. The maximum Gasteiger partial charge on any atom is 0.332 e. The molecule has 1 aromatic carbocycles. The van der Waals surface area contributed by atoms with Gasteiger partial charge in [-0.1, -0.05) is 12.1 Å². The van der Waals surface area contributed by atoms with Crippen molar-refractivity contribution in [2.45, 2.75) is 12.8 Å². The molecule has 0 saturated carbocycles. The van der Waals surface area contributed by atoms with Gasteiger partial charge in [0.05, 0.1) is 0 Å². The molecule has 4 rings (SSSR count). The number of hydrogen-bond acceptors (Lipinski definition) is 5. The van der Waals surface area contributed by atoms with Crippen LogP contribution in [-0.4, -0.2) is 23.8 Å². The number of quaternary nitrogens is 1. The van der Waals surface area contributed by atoms with Gasteiger partial charge in [0.15, 0.2) is 17.4 Å². The third-order valence-electron chi connectivity index (χ3n) is 4.71. The lowest BCUT2D eigenvalue weighted by molar-refractivity contribution is 0.144. The summed E-state index contributed by atoms with van der Waals surface area (Å²) in [7, 11) is 2.75. The van der Waals surface area contributed by atoms with E-state index in [2.05, 4.69) is 4.98 Å². The maximum absolute atomic E-state index is 13.5. The Hall–Kier alpha value is -3.08. The largest absolute Gasteiger partial charge is 0.620 e. The van der Waals surface area contributed by atoms with Crippen molar-refractivity contribution in [2.24, 2.45) is 14.1 Å². The number of aromatic nitrogens is 4. The molecular formula is C17H16FN5O4. The summed E-state index contributed by atoms with van der Waals surface area (Å²) < 4.78 is 15.2. The number of benzene rings is 1. The molecule has 2 atom stereocenters.